The van der Waals surface area contributed by atoms with Crippen LogP contribution in [-0.4, -0.2) is 30.1 Å². The lowest BCUT2D eigenvalue weighted by Gasteiger charge is -2.03. The number of pyridine rings is 2. The first-order valence-corrected chi connectivity index (χ1v) is 9.48. The Bertz CT molecular complexity index is 1180. The minimum atomic E-state index is 0.606. The number of fused-ring (bicyclic) bond motifs is 1. The predicted molar refractivity (Wildman–Crippen MR) is 103 cm³/mol. The van der Waals surface area contributed by atoms with E-state index in [4.69, 9.17) is 4.98 Å². The van der Waals surface area contributed by atoms with E-state index >= 15 is 0 Å². The van der Waals surface area contributed by atoms with E-state index < -0.39 is 0 Å². The molecule has 0 spiro atoms. The molecule has 26 heavy (non-hydrogen) atoms. The smallest absolute Gasteiger partial charge is 0.178 e. The van der Waals surface area contributed by atoms with Crippen LogP contribution in [0.3, 0.4) is 0 Å². The third-order valence-corrected chi connectivity index (χ3v) is 5.64. The molecule has 0 amide bonds. The second-order valence-electron chi connectivity index (χ2n) is 5.41. The zero-order valence-electron chi connectivity index (χ0n) is 13.3. The predicted octanol–water partition coefficient (Wildman–Crippen LogP) is 4.33. The van der Waals surface area contributed by atoms with Gasteiger partial charge in [0.05, 0.1) is 0 Å². The van der Waals surface area contributed by atoms with Crippen molar-refractivity contribution in [2.45, 2.75) is 0 Å². The van der Waals surface area contributed by atoms with Crippen LogP contribution in [0.2, 0.25) is 0 Å². The lowest BCUT2D eigenvalue weighted by molar-refractivity contribution is 1.09. The summed E-state index contributed by atoms with van der Waals surface area (Å²) in [6.07, 6.45) is 6.97. The molecule has 124 valence electrons. The fourth-order valence-corrected chi connectivity index (χ4v) is 4.22. The Morgan fingerprint density at radius 2 is 1.77 bits per heavy atom. The van der Waals surface area contributed by atoms with E-state index in [1.54, 1.807) is 42.2 Å². The van der Waals surface area contributed by atoms with Crippen LogP contribution in [0.15, 0.2) is 60.5 Å². The quantitative estimate of drug-likeness (QED) is 0.468. The molecule has 5 rings (SSSR count). The molecule has 5 heterocycles. The maximum atomic E-state index is 4.79. The highest BCUT2D eigenvalue weighted by Crippen LogP contribution is 2.35. The number of hydrogen-bond donors (Lipinski definition) is 0. The number of thiophene rings is 1. The summed E-state index contributed by atoms with van der Waals surface area (Å²) in [5, 5.41) is 13.3. The van der Waals surface area contributed by atoms with Gasteiger partial charge in [0.25, 0.3) is 0 Å². The fraction of sp³-hybridized carbons (Fsp3) is 0. The topological polar surface area (TPSA) is 77.3 Å². The van der Waals surface area contributed by atoms with Crippen LogP contribution in [0.1, 0.15) is 0 Å². The highest BCUT2D eigenvalue weighted by Gasteiger charge is 2.16. The molecular formula is C18H10N6S2. The monoisotopic (exact) mass is 374 g/mol. The normalized spacial score (nSPS) is 11.1. The van der Waals surface area contributed by atoms with Crippen LogP contribution in [-0.2, 0) is 0 Å². The van der Waals surface area contributed by atoms with Crippen LogP contribution in [0.5, 0.6) is 0 Å². The molecule has 0 N–H and O–H groups in total. The lowest BCUT2D eigenvalue weighted by atomic mass is 10.2. The van der Waals surface area contributed by atoms with Crippen molar-refractivity contribution in [3.05, 3.63) is 60.5 Å². The first kappa shape index (κ1) is 15.2. The number of hydrogen-bond acceptors (Lipinski definition) is 8. The van der Waals surface area contributed by atoms with Crippen molar-refractivity contribution >= 4 is 32.8 Å². The maximum Gasteiger partial charge on any atom is 0.178 e. The molecular weight excluding hydrogens is 364 g/mol. The molecule has 0 saturated heterocycles. The summed E-state index contributed by atoms with van der Waals surface area (Å²) >= 11 is 3.15. The van der Waals surface area contributed by atoms with Gasteiger partial charge in [0.15, 0.2) is 10.8 Å². The van der Waals surface area contributed by atoms with Crippen LogP contribution >= 0.6 is 22.7 Å². The van der Waals surface area contributed by atoms with Crippen molar-refractivity contribution < 1.29 is 0 Å². The summed E-state index contributed by atoms with van der Waals surface area (Å²) in [6, 6.07) is 9.74. The van der Waals surface area contributed by atoms with Gasteiger partial charge in [0.1, 0.15) is 16.4 Å². The van der Waals surface area contributed by atoms with Gasteiger partial charge in [0.2, 0.25) is 0 Å². The van der Waals surface area contributed by atoms with Crippen LogP contribution in [0.25, 0.3) is 42.9 Å². The lowest BCUT2D eigenvalue weighted by Crippen LogP contribution is -1.93. The molecule has 0 aliphatic heterocycles. The Balaban J connectivity index is 1.65. The van der Waals surface area contributed by atoms with Gasteiger partial charge in [-0.05, 0) is 35.7 Å². The Morgan fingerprint density at radius 3 is 2.62 bits per heavy atom. The highest BCUT2D eigenvalue weighted by molar-refractivity contribution is 7.18. The van der Waals surface area contributed by atoms with Gasteiger partial charge in [-0.3, -0.25) is 4.98 Å². The van der Waals surface area contributed by atoms with E-state index in [1.807, 2.05) is 29.6 Å². The van der Waals surface area contributed by atoms with Crippen LogP contribution in [0, 0.1) is 0 Å². The third-order valence-electron chi connectivity index (χ3n) is 3.78. The first-order chi connectivity index (χ1) is 12.9. The molecule has 0 aliphatic rings. The maximum absolute atomic E-state index is 4.79. The van der Waals surface area contributed by atoms with Gasteiger partial charge in [-0.1, -0.05) is 11.3 Å². The van der Waals surface area contributed by atoms with Crippen molar-refractivity contribution in [2.24, 2.45) is 0 Å². The molecule has 0 bridgehead atoms. The molecule has 0 aromatic carbocycles. The van der Waals surface area contributed by atoms with E-state index in [-0.39, 0.29) is 0 Å². The SMILES string of the molecule is c1cnc(-c2nc(-c3nnc(-c4cccnc4)s3)cc3sccc23)nc1. The van der Waals surface area contributed by atoms with Gasteiger partial charge in [-0.25, -0.2) is 15.0 Å². The van der Waals surface area contributed by atoms with Gasteiger partial charge in [-0.2, -0.15) is 0 Å². The fourth-order valence-electron chi connectivity index (χ4n) is 2.60. The van der Waals surface area contributed by atoms with Crippen LogP contribution < -0.4 is 0 Å². The summed E-state index contributed by atoms with van der Waals surface area (Å²) in [7, 11) is 0. The Labute approximate surface area is 156 Å². The summed E-state index contributed by atoms with van der Waals surface area (Å²) in [5.74, 6) is 0.606. The molecule has 5 aromatic heterocycles. The van der Waals surface area contributed by atoms with E-state index in [1.165, 1.54) is 11.3 Å². The van der Waals surface area contributed by atoms with Crippen molar-refractivity contribution in [1.82, 2.24) is 30.1 Å². The Morgan fingerprint density at radius 1 is 0.885 bits per heavy atom. The third kappa shape index (κ3) is 2.65. The number of aromatic nitrogens is 6. The zero-order valence-corrected chi connectivity index (χ0v) is 14.9. The van der Waals surface area contributed by atoms with Crippen molar-refractivity contribution in [1.29, 1.82) is 0 Å². The second-order valence-corrected chi connectivity index (χ2v) is 7.34. The Kier molecular flexibility index (Phi) is 3.69. The number of rotatable bonds is 3. The molecule has 5 aromatic rings. The molecule has 0 atom stereocenters. The second kappa shape index (κ2) is 6.32. The standard InChI is InChI=1S/C18H10N6S2/c1-3-11(10-19-5-1)17-23-24-18(26-17)13-9-14-12(4-8-25-14)15(22-13)16-20-6-2-7-21-16/h1-10H. The van der Waals surface area contributed by atoms with E-state index in [2.05, 4.69) is 25.1 Å². The van der Waals surface area contributed by atoms with E-state index in [0.29, 0.717) is 5.82 Å². The molecule has 0 saturated carbocycles. The zero-order chi connectivity index (χ0) is 17.3. The summed E-state index contributed by atoms with van der Waals surface area (Å²) in [5.41, 5.74) is 2.48. The molecule has 0 unspecified atom stereocenters. The molecule has 6 nitrogen and oxygen atoms in total. The molecule has 0 fully saturated rings. The minimum absolute atomic E-state index is 0.606. The number of nitrogens with zero attached hydrogens (tertiary/aromatic N) is 6. The van der Waals surface area contributed by atoms with Crippen molar-refractivity contribution in [2.75, 3.05) is 0 Å². The van der Waals surface area contributed by atoms with E-state index in [0.717, 1.165) is 37.1 Å². The first-order valence-electron chi connectivity index (χ1n) is 7.78. The Hall–Kier alpha value is -3.10. The molecule has 0 aliphatic carbocycles. The average Bonchev–Trinajstić information content (AvgIpc) is 3.38. The largest absolute Gasteiger partial charge is 0.264 e. The molecule has 8 heteroatoms. The summed E-state index contributed by atoms with van der Waals surface area (Å²) in [4.78, 5) is 17.6. The van der Waals surface area contributed by atoms with Gasteiger partial charge < -0.3 is 0 Å². The highest BCUT2D eigenvalue weighted by atomic mass is 32.1. The minimum Gasteiger partial charge on any atom is -0.264 e. The summed E-state index contributed by atoms with van der Waals surface area (Å²) < 4.78 is 1.12. The average molecular weight is 374 g/mol. The van der Waals surface area contributed by atoms with Gasteiger partial charge in [-0.15, -0.1) is 21.5 Å². The van der Waals surface area contributed by atoms with Gasteiger partial charge in [0, 0.05) is 40.4 Å². The van der Waals surface area contributed by atoms with Crippen molar-refractivity contribution in [3.8, 4) is 32.8 Å². The van der Waals surface area contributed by atoms with Gasteiger partial charge >= 0.3 is 0 Å². The summed E-state index contributed by atoms with van der Waals surface area (Å²) in [6.45, 7) is 0. The van der Waals surface area contributed by atoms with Crippen LogP contribution in [0.4, 0.5) is 0 Å². The van der Waals surface area contributed by atoms with E-state index in [9.17, 15) is 0 Å². The van der Waals surface area contributed by atoms with Crippen molar-refractivity contribution in [3.63, 3.8) is 0 Å². The molecule has 0 radical (unpaired) electrons.